The van der Waals surface area contributed by atoms with Gasteiger partial charge >= 0.3 is 0 Å². The van der Waals surface area contributed by atoms with Crippen LogP contribution in [0.5, 0.6) is 5.75 Å². The van der Waals surface area contributed by atoms with Gasteiger partial charge in [-0.05, 0) is 29.8 Å². The Hall–Kier alpha value is -3.02. The number of carbonyl (C=O) groups excluding carboxylic acids is 1. The SMILES string of the molecule is COc1ccc([C@@H]2NC(=O)c3n[nH]c(-c4ccco4)c32)cc1. The van der Waals surface area contributed by atoms with Crippen LogP contribution in [0.2, 0.25) is 0 Å². The molecule has 0 aliphatic carbocycles. The van der Waals surface area contributed by atoms with E-state index in [1.165, 1.54) is 0 Å². The third-order valence-electron chi connectivity index (χ3n) is 3.80. The van der Waals surface area contributed by atoms with E-state index in [4.69, 9.17) is 9.15 Å². The predicted molar refractivity (Wildman–Crippen MR) is 78.6 cm³/mol. The first-order chi connectivity index (χ1) is 10.8. The monoisotopic (exact) mass is 295 g/mol. The molecule has 22 heavy (non-hydrogen) atoms. The van der Waals surface area contributed by atoms with Crippen molar-refractivity contribution in [2.24, 2.45) is 0 Å². The summed E-state index contributed by atoms with van der Waals surface area (Å²) in [5, 5.41) is 9.98. The van der Waals surface area contributed by atoms with E-state index in [1.54, 1.807) is 19.4 Å². The van der Waals surface area contributed by atoms with E-state index in [9.17, 15) is 4.79 Å². The topological polar surface area (TPSA) is 80.1 Å². The number of hydrogen-bond donors (Lipinski definition) is 2. The van der Waals surface area contributed by atoms with Gasteiger partial charge in [-0.25, -0.2) is 0 Å². The summed E-state index contributed by atoms with van der Waals surface area (Å²) in [6.45, 7) is 0. The average molecular weight is 295 g/mol. The Kier molecular flexibility index (Phi) is 2.75. The second-order valence-electron chi connectivity index (χ2n) is 5.02. The molecule has 0 saturated heterocycles. The molecule has 0 fully saturated rings. The zero-order chi connectivity index (χ0) is 15.1. The van der Waals surface area contributed by atoms with Crippen molar-refractivity contribution >= 4 is 5.91 Å². The Labute approximate surface area is 126 Å². The first-order valence-corrected chi connectivity index (χ1v) is 6.85. The third kappa shape index (κ3) is 1.81. The number of amides is 1. The lowest BCUT2D eigenvalue weighted by molar-refractivity contribution is 0.0955. The first kappa shape index (κ1) is 12.7. The highest BCUT2D eigenvalue weighted by molar-refractivity contribution is 5.99. The van der Waals surface area contributed by atoms with Crippen LogP contribution in [-0.4, -0.2) is 23.2 Å². The highest BCUT2D eigenvalue weighted by Gasteiger charge is 2.36. The number of nitrogens with one attached hydrogen (secondary N) is 2. The van der Waals surface area contributed by atoms with E-state index in [0.29, 0.717) is 11.5 Å². The number of carbonyl (C=O) groups is 1. The van der Waals surface area contributed by atoms with Crippen molar-refractivity contribution in [2.75, 3.05) is 7.11 Å². The molecule has 1 aromatic carbocycles. The van der Waals surface area contributed by atoms with Crippen molar-refractivity contribution < 1.29 is 13.9 Å². The fraction of sp³-hybridized carbons (Fsp3) is 0.125. The van der Waals surface area contributed by atoms with Gasteiger partial charge in [0.2, 0.25) is 0 Å². The summed E-state index contributed by atoms with van der Waals surface area (Å²) in [5.41, 5.74) is 2.90. The quantitative estimate of drug-likeness (QED) is 0.778. The van der Waals surface area contributed by atoms with E-state index >= 15 is 0 Å². The summed E-state index contributed by atoms with van der Waals surface area (Å²) in [7, 11) is 1.62. The highest BCUT2D eigenvalue weighted by Crippen LogP contribution is 2.37. The molecule has 0 saturated carbocycles. The first-order valence-electron chi connectivity index (χ1n) is 6.85. The molecule has 1 aliphatic rings. The molecule has 110 valence electrons. The molecule has 2 aromatic heterocycles. The molecule has 1 atom stereocenters. The van der Waals surface area contributed by atoms with E-state index in [0.717, 1.165) is 22.6 Å². The lowest BCUT2D eigenvalue weighted by Crippen LogP contribution is -2.21. The lowest BCUT2D eigenvalue weighted by atomic mass is 9.99. The minimum absolute atomic E-state index is 0.190. The molecule has 1 aliphatic heterocycles. The highest BCUT2D eigenvalue weighted by atomic mass is 16.5. The molecule has 4 rings (SSSR count). The van der Waals surface area contributed by atoms with Gasteiger partial charge in [-0.2, -0.15) is 5.10 Å². The van der Waals surface area contributed by atoms with E-state index in [1.807, 2.05) is 30.3 Å². The number of aromatic amines is 1. The van der Waals surface area contributed by atoms with Crippen molar-refractivity contribution in [1.82, 2.24) is 15.5 Å². The minimum atomic E-state index is -0.257. The summed E-state index contributed by atoms with van der Waals surface area (Å²) in [6, 6.07) is 11.0. The molecular weight excluding hydrogens is 282 g/mol. The maximum absolute atomic E-state index is 12.1. The summed E-state index contributed by atoms with van der Waals surface area (Å²) < 4.78 is 10.6. The fourth-order valence-electron chi connectivity index (χ4n) is 2.73. The molecule has 0 bridgehead atoms. The Balaban J connectivity index is 1.81. The van der Waals surface area contributed by atoms with Crippen LogP contribution in [0.1, 0.15) is 27.7 Å². The Morgan fingerprint density at radius 3 is 2.73 bits per heavy atom. The molecule has 0 unspecified atom stereocenters. The number of furan rings is 1. The van der Waals surface area contributed by atoms with Gasteiger partial charge < -0.3 is 14.5 Å². The van der Waals surface area contributed by atoms with E-state index < -0.39 is 0 Å². The van der Waals surface area contributed by atoms with Crippen LogP contribution in [0.25, 0.3) is 11.5 Å². The molecule has 0 spiro atoms. The van der Waals surface area contributed by atoms with Crippen molar-refractivity contribution in [3.05, 3.63) is 59.5 Å². The molecular formula is C16H13N3O3. The zero-order valence-electron chi connectivity index (χ0n) is 11.8. The van der Waals surface area contributed by atoms with E-state index in [-0.39, 0.29) is 11.9 Å². The van der Waals surface area contributed by atoms with Crippen LogP contribution >= 0.6 is 0 Å². The van der Waals surface area contributed by atoms with E-state index in [2.05, 4.69) is 15.5 Å². The lowest BCUT2D eigenvalue weighted by Gasteiger charge is -2.13. The van der Waals surface area contributed by atoms with Gasteiger partial charge in [0, 0.05) is 5.56 Å². The Morgan fingerprint density at radius 2 is 2.05 bits per heavy atom. The molecule has 6 heteroatoms. The normalized spacial score (nSPS) is 16.4. The van der Waals surface area contributed by atoms with Crippen molar-refractivity contribution in [3.8, 4) is 17.2 Å². The molecule has 3 heterocycles. The molecule has 0 radical (unpaired) electrons. The number of H-pyrrole nitrogens is 1. The second kappa shape index (κ2) is 4.77. The number of fused-ring (bicyclic) bond motifs is 1. The Morgan fingerprint density at radius 1 is 1.23 bits per heavy atom. The predicted octanol–water partition coefficient (Wildman–Crippen LogP) is 2.51. The van der Waals surface area contributed by atoms with Gasteiger partial charge in [0.1, 0.15) is 11.4 Å². The van der Waals surface area contributed by atoms with Crippen molar-refractivity contribution in [3.63, 3.8) is 0 Å². The van der Waals surface area contributed by atoms with Gasteiger partial charge in [-0.3, -0.25) is 9.89 Å². The summed E-state index contributed by atoms with van der Waals surface area (Å²) in [5.74, 6) is 1.24. The molecule has 6 nitrogen and oxygen atoms in total. The van der Waals surface area contributed by atoms with Crippen molar-refractivity contribution in [1.29, 1.82) is 0 Å². The summed E-state index contributed by atoms with van der Waals surface area (Å²) in [6.07, 6.45) is 1.59. The second-order valence-corrected chi connectivity index (χ2v) is 5.02. The van der Waals surface area contributed by atoms with Gasteiger partial charge in [0.25, 0.3) is 5.91 Å². The third-order valence-corrected chi connectivity index (χ3v) is 3.80. The number of benzene rings is 1. The maximum Gasteiger partial charge on any atom is 0.272 e. The summed E-state index contributed by atoms with van der Waals surface area (Å²) in [4.78, 5) is 12.1. The smallest absolute Gasteiger partial charge is 0.272 e. The standard InChI is InChI=1S/C16H13N3O3/c1-21-10-6-4-9(5-7-10)13-12-14(11-3-2-8-22-11)18-19-15(12)16(20)17-13/h2-8,13H,1H3,(H,17,20)(H,18,19)/t13-/m0/s1. The minimum Gasteiger partial charge on any atom is -0.497 e. The number of rotatable bonds is 3. The van der Waals surface area contributed by atoms with Crippen LogP contribution in [-0.2, 0) is 0 Å². The van der Waals surface area contributed by atoms with Crippen molar-refractivity contribution in [2.45, 2.75) is 6.04 Å². The van der Waals surface area contributed by atoms with Crippen LogP contribution in [0.15, 0.2) is 47.1 Å². The molecule has 3 aromatic rings. The van der Waals surface area contributed by atoms with Crippen LogP contribution < -0.4 is 10.1 Å². The zero-order valence-corrected chi connectivity index (χ0v) is 11.8. The molecule has 1 amide bonds. The van der Waals surface area contributed by atoms with Crippen LogP contribution in [0, 0.1) is 0 Å². The van der Waals surface area contributed by atoms with Crippen LogP contribution in [0.4, 0.5) is 0 Å². The number of nitrogens with zero attached hydrogens (tertiary/aromatic N) is 1. The van der Waals surface area contributed by atoms with Gasteiger partial charge in [0.15, 0.2) is 11.5 Å². The maximum atomic E-state index is 12.1. The number of aromatic nitrogens is 2. The number of methoxy groups -OCH3 is 1. The Bertz CT molecular complexity index is 819. The van der Waals surface area contributed by atoms with Gasteiger partial charge in [-0.1, -0.05) is 12.1 Å². The number of ether oxygens (including phenoxy) is 1. The van der Waals surface area contributed by atoms with Crippen LogP contribution in [0.3, 0.4) is 0 Å². The van der Waals surface area contributed by atoms with Gasteiger partial charge in [-0.15, -0.1) is 0 Å². The largest absolute Gasteiger partial charge is 0.497 e. The summed E-state index contributed by atoms with van der Waals surface area (Å²) >= 11 is 0. The average Bonchev–Trinajstić information content (AvgIpc) is 3.25. The van der Waals surface area contributed by atoms with Gasteiger partial charge in [0.05, 0.1) is 19.4 Å². The fourth-order valence-corrected chi connectivity index (χ4v) is 2.73. The molecule has 2 N–H and O–H groups in total. The number of hydrogen-bond acceptors (Lipinski definition) is 4.